The number of hydrogen-bond acceptors (Lipinski definition) is 5. The first-order chi connectivity index (χ1) is 15.6. The van der Waals surface area contributed by atoms with Gasteiger partial charge in [0.05, 0.1) is 34.8 Å². The summed E-state index contributed by atoms with van der Waals surface area (Å²) in [6.45, 7) is 0. The summed E-state index contributed by atoms with van der Waals surface area (Å²) >= 11 is 0. The Balaban J connectivity index is 1.31. The average Bonchev–Trinajstić information content (AvgIpc) is 3.10. The van der Waals surface area contributed by atoms with Gasteiger partial charge in [0, 0.05) is 12.3 Å². The van der Waals surface area contributed by atoms with Gasteiger partial charge in [0.15, 0.2) is 0 Å². The Morgan fingerprint density at radius 3 is 1.97 bits per heavy atom. The van der Waals surface area contributed by atoms with Crippen molar-refractivity contribution < 1.29 is 14.4 Å². The number of anilines is 1. The van der Waals surface area contributed by atoms with Crippen molar-refractivity contribution in [1.82, 2.24) is 0 Å². The number of nitrogens with zero attached hydrogens (tertiary/aromatic N) is 3. The quantitative estimate of drug-likeness (QED) is 0.438. The van der Waals surface area contributed by atoms with Gasteiger partial charge in [-0.25, -0.2) is 0 Å². The maximum absolute atomic E-state index is 13.4. The number of Topliss-reactive ketones (excluding diaryl/α,β-unsaturated/α-hetero) is 1. The van der Waals surface area contributed by atoms with E-state index >= 15 is 0 Å². The lowest BCUT2D eigenvalue weighted by molar-refractivity contribution is -0.134. The van der Waals surface area contributed by atoms with E-state index in [0.717, 1.165) is 16.8 Å². The van der Waals surface area contributed by atoms with Crippen LogP contribution in [0.5, 0.6) is 0 Å². The van der Waals surface area contributed by atoms with Gasteiger partial charge in [0.1, 0.15) is 5.78 Å². The van der Waals surface area contributed by atoms with Crippen molar-refractivity contribution in [2.24, 2.45) is 22.1 Å². The van der Waals surface area contributed by atoms with Crippen LogP contribution in [0.2, 0.25) is 0 Å². The Morgan fingerprint density at radius 1 is 0.656 bits per heavy atom. The molecular formula is C26H19N3O3. The van der Waals surface area contributed by atoms with Gasteiger partial charge in [-0.2, -0.15) is 10.2 Å². The molecule has 0 unspecified atom stereocenters. The number of azo groups is 1. The molecule has 3 aromatic rings. The van der Waals surface area contributed by atoms with Crippen molar-refractivity contribution in [2.45, 2.75) is 18.3 Å². The lowest BCUT2D eigenvalue weighted by Crippen LogP contribution is -2.44. The highest BCUT2D eigenvalue weighted by Crippen LogP contribution is 2.57. The molecule has 4 aliphatic rings. The molecule has 1 saturated carbocycles. The van der Waals surface area contributed by atoms with Gasteiger partial charge in [0.25, 0.3) is 0 Å². The van der Waals surface area contributed by atoms with E-state index in [4.69, 9.17) is 0 Å². The summed E-state index contributed by atoms with van der Waals surface area (Å²) in [6, 6.07) is 24.0. The second kappa shape index (κ2) is 7.05. The van der Waals surface area contributed by atoms with Gasteiger partial charge in [-0.15, -0.1) is 0 Å². The summed E-state index contributed by atoms with van der Waals surface area (Å²) in [5.41, 5.74) is 3.82. The second-order valence-corrected chi connectivity index (χ2v) is 8.50. The van der Waals surface area contributed by atoms with Gasteiger partial charge in [0.2, 0.25) is 11.8 Å². The van der Waals surface area contributed by atoms with E-state index in [2.05, 4.69) is 10.2 Å². The molecule has 6 nitrogen and oxygen atoms in total. The highest BCUT2D eigenvalue weighted by molar-refractivity contribution is 6.24. The number of carbonyl (C=O) groups is 3. The number of benzene rings is 3. The van der Waals surface area contributed by atoms with Crippen LogP contribution < -0.4 is 4.90 Å². The van der Waals surface area contributed by atoms with Crippen molar-refractivity contribution in [3.63, 3.8) is 0 Å². The van der Waals surface area contributed by atoms with Gasteiger partial charge >= 0.3 is 0 Å². The lowest BCUT2D eigenvalue weighted by Gasteiger charge is -2.43. The number of rotatable bonds is 3. The Hall–Kier alpha value is -3.93. The third-order valence-electron chi connectivity index (χ3n) is 6.83. The first-order valence-electron chi connectivity index (χ1n) is 10.7. The van der Waals surface area contributed by atoms with Crippen molar-refractivity contribution in [3.8, 4) is 0 Å². The Kier molecular flexibility index (Phi) is 4.15. The molecule has 32 heavy (non-hydrogen) atoms. The molecule has 1 heterocycles. The first kappa shape index (κ1) is 18.8. The molecule has 2 amide bonds. The summed E-state index contributed by atoms with van der Waals surface area (Å²) in [5, 5.41) is 8.41. The zero-order valence-corrected chi connectivity index (χ0v) is 17.1. The standard InChI is InChI=1S/C26H19N3O3/c30-21-14-20-18-8-4-5-9-19(18)22(21)24-23(20)25(31)29(26(24)32)17-12-10-16(11-13-17)28-27-15-6-2-1-3-7-15/h1-13,20,22-24H,14H2/t20-,22+,23-,24+/m0/s1. The monoisotopic (exact) mass is 421 g/mol. The number of ketones is 1. The fourth-order valence-corrected chi connectivity index (χ4v) is 5.49. The molecule has 3 aromatic carbocycles. The maximum atomic E-state index is 13.4. The third kappa shape index (κ3) is 2.69. The smallest absolute Gasteiger partial charge is 0.238 e. The maximum Gasteiger partial charge on any atom is 0.238 e. The molecule has 1 aliphatic heterocycles. The summed E-state index contributed by atoms with van der Waals surface area (Å²) in [5.74, 6) is -2.27. The molecule has 0 aromatic heterocycles. The number of amides is 2. The minimum Gasteiger partial charge on any atom is -0.299 e. The van der Waals surface area contributed by atoms with Crippen LogP contribution in [0.15, 0.2) is 89.1 Å². The lowest BCUT2D eigenvalue weighted by atomic mass is 9.56. The van der Waals surface area contributed by atoms with E-state index in [-0.39, 0.29) is 23.5 Å². The first-order valence-corrected chi connectivity index (χ1v) is 10.7. The normalized spacial score (nSPS) is 26.0. The van der Waals surface area contributed by atoms with Crippen LogP contribution in [-0.4, -0.2) is 17.6 Å². The van der Waals surface area contributed by atoms with Crippen LogP contribution in [0.25, 0.3) is 0 Å². The zero-order valence-electron chi connectivity index (χ0n) is 17.1. The zero-order chi connectivity index (χ0) is 21.8. The number of hydrogen-bond donors (Lipinski definition) is 0. The topological polar surface area (TPSA) is 79.2 Å². The van der Waals surface area contributed by atoms with Crippen LogP contribution in [0, 0.1) is 11.8 Å². The van der Waals surface area contributed by atoms with E-state index in [1.165, 1.54) is 4.90 Å². The van der Waals surface area contributed by atoms with Gasteiger partial charge in [-0.05, 0) is 47.5 Å². The molecule has 0 spiro atoms. The minimum absolute atomic E-state index is 0.0645. The number of imide groups is 1. The molecule has 7 rings (SSSR count). The van der Waals surface area contributed by atoms with Crippen LogP contribution in [0.1, 0.15) is 29.4 Å². The summed E-state index contributed by atoms with van der Waals surface area (Å²) in [7, 11) is 0. The highest BCUT2D eigenvalue weighted by atomic mass is 16.2. The molecule has 3 aliphatic carbocycles. The fourth-order valence-electron chi connectivity index (χ4n) is 5.49. The largest absolute Gasteiger partial charge is 0.299 e. The summed E-state index contributed by atoms with van der Waals surface area (Å²) in [6.07, 6.45) is 0.328. The van der Waals surface area contributed by atoms with E-state index in [1.807, 2.05) is 54.6 Å². The molecule has 156 valence electrons. The number of fused-ring (bicyclic) bond motifs is 1. The van der Waals surface area contributed by atoms with Crippen LogP contribution in [-0.2, 0) is 14.4 Å². The summed E-state index contributed by atoms with van der Waals surface area (Å²) < 4.78 is 0. The summed E-state index contributed by atoms with van der Waals surface area (Å²) in [4.78, 5) is 40.9. The molecule has 4 atom stereocenters. The molecule has 0 radical (unpaired) electrons. The van der Waals surface area contributed by atoms with E-state index in [1.54, 1.807) is 24.3 Å². The third-order valence-corrected chi connectivity index (χ3v) is 6.83. The van der Waals surface area contributed by atoms with E-state index in [9.17, 15) is 14.4 Å². The fraction of sp³-hybridized carbons (Fsp3) is 0.192. The van der Waals surface area contributed by atoms with Crippen molar-refractivity contribution in [2.75, 3.05) is 4.90 Å². The molecule has 2 bridgehead atoms. The van der Waals surface area contributed by atoms with E-state index in [0.29, 0.717) is 17.8 Å². The molecule has 6 heteroatoms. The minimum atomic E-state index is -0.610. The molecule has 0 N–H and O–H groups in total. The van der Waals surface area contributed by atoms with Crippen LogP contribution in [0.4, 0.5) is 17.1 Å². The van der Waals surface area contributed by atoms with Crippen molar-refractivity contribution in [3.05, 3.63) is 90.0 Å². The molecular weight excluding hydrogens is 402 g/mol. The highest BCUT2D eigenvalue weighted by Gasteiger charge is 2.62. The SMILES string of the molecule is O=C1C[C@H]2c3ccccc3[C@H]1[C@H]1C(=O)N(c3ccc(N=Nc4ccccc4)cc3)C(=O)[C@H]12. The predicted molar refractivity (Wildman–Crippen MR) is 118 cm³/mol. The van der Waals surface area contributed by atoms with Crippen LogP contribution in [0.3, 0.4) is 0 Å². The van der Waals surface area contributed by atoms with E-state index < -0.39 is 17.8 Å². The number of carbonyl (C=O) groups excluding carboxylic acids is 3. The Morgan fingerprint density at radius 2 is 1.25 bits per heavy atom. The average molecular weight is 421 g/mol. The predicted octanol–water partition coefficient (Wildman–Crippen LogP) is 5.06. The van der Waals surface area contributed by atoms with Gasteiger partial charge in [-0.3, -0.25) is 19.3 Å². The van der Waals surface area contributed by atoms with Gasteiger partial charge < -0.3 is 0 Å². The molecule has 1 saturated heterocycles. The van der Waals surface area contributed by atoms with Crippen LogP contribution >= 0.6 is 0 Å². The van der Waals surface area contributed by atoms with Gasteiger partial charge in [-0.1, -0.05) is 42.5 Å². The Labute approximate surface area is 184 Å². The molecule has 2 fully saturated rings. The Bertz CT molecular complexity index is 1280. The van der Waals surface area contributed by atoms with Crippen molar-refractivity contribution >= 4 is 34.7 Å². The second-order valence-electron chi connectivity index (χ2n) is 8.50. The van der Waals surface area contributed by atoms with Crippen molar-refractivity contribution in [1.29, 1.82) is 0 Å².